The molecule has 0 radical (unpaired) electrons. The molecule has 0 aromatic carbocycles. The number of rotatable bonds is 0. The monoisotopic (exact) mass is 566 g/mol. The Bertz CT molecular complexity index is 665. The summed E-state index contributed by atoms with van der Waals surface area (Å²) in [6.07, 6.45) is 22.1. The summed E-state index contributed by atoms with van der Waals surface area (Å²) in [4.78, 5) is 10.1. The van der Waals surface area contributed by atoms with Crippen LogP contribution in [-0.2, 0) is 0 Å². The Morgan fingerprint density at radius 2 is 1.18 bits per heavy atom. The molecular weight excluding hydrogens is 490 g/mol. The summed E-state index contributed by atoms with van der Waals surface area (Å²) in [6.45, 7) is 6.56. The topological polar surface area (TPSA) is 25.0 Å². The van der Waals surface area contributed by atoms with Gasteiger partial charge in [0.25, 0.3) is 0 Å². The fourth-order valence-electron chi connectivity index (χ4n) is 9.39. The van der Waals surface area contributed by atoms with Gasteiger partial charge in [-0.25, -0.2) is 0 Å². The SMILES string of the molecule is C.C.C.CN1C2CCC1CC2.CN1CC2CCC1CC2.CN1CCC2CCNC2C1.CN1CCCC2CCCC21.[HH]. The number of nitrogens with zero attached hydrogens (tertiary/aromatic N) is 4. The highest BCUT2D eigenvalue weighted by molar-refractivity contribution is 4.92. The summed E-state index contributed by atoms with van der Waals surface area (Å²) < 4.78 is 0. The van der Waals surface area contributed by atoms with Gasteiger partial charge in [-0.1, -0.05) is 28.7 Å². The second-order valence-corrected chi connectivity index (χ2v) is 14.3. The van der Waals surface area contributed by atoms with Crippen molar-refractivity contribution in [2.24, 2.45) is 17.8 Å². The van der Waals surface area contributed by atoms with E-state index in [0.29, 0.717) is 0 Å². The highest BCUT2D eigenvalue weighted by atomic mass is 15.2. The lowest BCUT2D eigenvalue weighted by atomic mass is 9.80. The Kier molecular flexibility index (Phi) is 15.5. The lowest BCUT2D eigenvalue weighted by Crippen LogP contribution is -2.45. The Morgan fingerprint density at radius 3 is 1.68 bits per heavy atom. The van der Waals surface area contributed by atoms with Gasteiger partial charge in [0.05, 0.1) is 0 Å². The van der Waals surface area contributed by atoms with E-state index >= 15 is 0 Å². The van der Waals surface area contributed by atoms with E-state index in [1.54, 1.807) is 0 Å². The largest absolute Gasteiger partial charge is 0.312 e. The van der Waals surface area contributed by atoms with Crippen molar-refractivity contribution >= 4 is 0 Å². The highest BCUT2D eigenvalue weighted by Gasteiger charge is 2.36. The molecule has 4 unspecified atom stereocenters. The maximum Gasteiger partial charge on any atom is 0.0224 e. The summed E-state index contributed by atoms with van der Waals surface area (Å²) in [5, 5.41) is 3.55. The lowest BCUT2D eigenvalue weighted by molar-refractivity contribution is 0.0727. The van der Waals surface area contributed by atoms with E-state index < -0.39 is 0 Å². The number of fused-ring (bicyclic) bond motifs is 7. The van der Waals surface area contributed by atoms with Crippen LogP contribution >= 0.6 is 0 Å². The van der Waals surface area contributed by atoms with Gasteiger partial charge in [-0.3, -0.25) is 0 Å². The summed E-state index contributed by atoms with van der Waals surface area (Å²) in [7, 11) is 9.06. The first-order valence-corrected chi connectivity index (χ1v) is 16.5. The highest BCUT2D eigenvalue weighted by Crippen LogP contribution is 2.36. The van der Waals surface area contributed by atoms with Crippen LogP contribution < -0.4 is 5.32 Å². The minimum absolute atomic E-state index is 0. The molecule has 7 heterocycles. The van der Waals surface area contributed by atoms with Crippen LogP contribution in [0.1, 0.15) is 120 Å². The maximum atomic E-state index is 3.55. The molecule has 40 heavy (non-hydrogen) atoms. The predicted molar refractivity (Wildman–Crippen MR) is 179 cm³/mol. The molecule has 7 saturated heterocycles. The molecule has 9 rings (SSSR count). The molecule has 9 fully saturated rings. The number of hydrogen-bond acceptors (Lipinski definition) is 5. The fraction of sp³-hybridized carbons (Fsp3) is 1.00. The quantitative estimate of drug-likeness (QED) is 0.339. The number of hydrogen-bond donors (Lipinski definition) is 1. The number of piperidine rings is 4. The van der Waals surface area contributed by atoms with Crippen LogP contribution in [0.3, 0.4) is 0 Å². The summed E-state index contributed by atoms with van der Waals surface area (Å²) in [6, 6.07) is 4.68. The normalized spacial score (nSPS) is 39.9. The van der Waals surface area contributed by atoms with Gasteiger partial charge in [0.1, 0.15) is 0 Å². The van der Waals surface area contributed by atoms with E-state index in [2.05, 4.69) is 53.1 Å². The van der Waals surface area contributed by atoms with Crippen molar-refractivity contribution in [3.8, 4) is 0 Å². The Labute approximate surface area is 253 Å². The van der Waals surface area contributed by atoms with Crippen LogP contribution in [0.25, 0.3) is 0 Å². The van der Waals surface area contributed by atoms with Crippen LogP contribution in [0.4, 0.5) is 0 Å². The van der Waals surface area contributed by atoms with E-state index in [9.17, 15) is 0 Å². The number of likely N-dealkylation sites (tertiary alicyclic amines) is 2. The third kappa shape index (κ3) is 9.15. The van der Waals surface area contributed by atoms with Crippen molar-refractivity contribution in [1.29, 1.82) is 0 Å². The zero-order valence-corrected chi connectivity index (χ0v) is 25.0. The molecule has 4 atom stereocenters. The molecule has 0 aromatic rings. The molecule has 5 nitrogen and oxygen atoms in total. The van der Waals surface area contributed by atoms with Crippen molar-refractivity contribution in [3.05, 3.63) is 0 Å². The zero-order valence-electron chi connectivity index (χ0n) is 25.0. The van der Waals surface area contributed by atoms with Gasteiger partial charge in [-0.05, 0) is 155 Å². The Hall–Kier alpha value is -0.200. The summed E-state index contributed by atoms with van der Waals surface area (Å²) in [5.74, 6) is 3.12. The molecule has 7 aliphatic heterocycles. The van der Waals surface area contributed by atoms with Crippen molar-refractivity contribution in [3.63, 3.8) is 0 Å². The zero-order chi connectivity index (χ0) is 25.8. The fourth-order valence-corrected chi connectivity index (χ4v) is 9.39. The van der Waals surface area contributed by atoms with Crippen molar-refractivity contribution < 1.29 is 1.43 Å². The minimum Gasteiger partial charge on any atom is -0.312 e. The van der Waals surface area contributed by atoms with E-state index in [1.165, 1.54) is 129 Å². The van der Waals surface area contributed by atoms with Crippen LogP contribution in [-0.4, -0.2) is 111 Å². The molecule has 9 aliphatic rings. The van der Waals surface area contributed by atoms with Gasteiger partial charge in [0, 0.05) is 44.7 Å². The molecule has 5 heteroatoms. The molecule has 240 valence electrons. The van der Waals surface area contributed by atoms with E-state index in [0.717, 1.165) is 48.0 Å². The minimum atomic E-state index is 0. The summed E-state index contributed by atoms with van der Waals surface area (Å²) in [5.41, 5.74) is 0. The Morgan fingerprint density at radius 1 is 0.550 bits per heavy atom. The van der Waals surface area contributed by atoms with Crippen LogP contribution in [0, 0.1) is 17.8 Å². The maximum absolute atomic E-state index is 3.55. The predicted octanol–water partition coefficient (Wildman–Crippen LogP) is 7.07. The van der Waals surface area contributed by atoms with Gasteiger partial charge in [0.15, 0.2) is 0 Å². The van der Waals surface area contributed by atoms with E-state index in [-0.39, 0.29) is 23.7 Å². The van der Waals surface area contributed by atoms with Gasteiger partial charge in [0.2, 0.25) is 0 Å². The second-order valence-electron chi connectivity index (χ2n) is 14.3. The van der Waals surface area contributed by atoms with Gasteiger partial charge < -0.3 is 24.9 Å². The first-order chi connectivity index (χ1) is 18.0. The van der Waals surface area contributed by atoms with Crippen molar-refractivity contribution in [1.82, 2.24) is 24.9 Å². The molecule has 0 amide bonds. The summed E-state index contributed by atoms with van der Waals surface area (Å²) >= 11 is 0. The molecular formula is C35H75N5. The van der Waals surface area contributed by atoms with Crippen molar-refractivity contribution in [2.45, 2.75) is 149 Å². The average Bonchev–Trinajstić information content (AvgIpc) is 3.72. The smallest absolute Gasteiger partial charge is 0.0224 e. The first-order valence-electron chi connectivity index (χ1n) is 16.5. The van der Waals surface area contributed by atoms with Gasteiger partial charge in [-0.15, -0.1) is 0 Å². The second kappa shape index (κ2) is 17.2. The molecule has 2 saturated carbocycles. The van der Waals surface area contributed by atoms with Crippen LogP contribution in [0.2, 0.25) is 0 Å². The van der Waals surface area contributed by atoms with Crippen LogP contribution in [0.15, 0.2) is 0 Å². The van der Waals surface area contributed by atoms with Crippen LogP contribution in [0.5, 0.6) is 0 Å². The van der Waals surface area contributed by atoms with Gasteiger partial charge in [-0.2, -0.15) is 0 Å². The number of nitrogens with one attached hydrogen (secondary N) is 1. The third-order valence-corrected chi connectivity index (χ3v) is 12.0. The van der Waals surface area contributed by atoms with Gasteiger partial charge >= 0.3 is 0 Å². The first kappa shape index (κ1) is 36.0. The van der Waals surface area contributed by atoms with Crippen molar-refractivity contribution in [2.75, 3.05) is 60.9 Å². The van der Waals surface area contributed by atoms with E-state index in [4.69, 9.17) is 0 Å². The lowest BCUT2D eigenvalue weighted by Gasteiger charge is -2.43. The molecule has 2 aliphatic carbocycles. The molecule has 1 N–H and O–H groups in total. The Balaban J connectivity index is 0.000000265. The standard InChI is InChI=1S/C9H17N.C8H16N2.C8H15N.C7H13N.3CH4.H2/c1-10-7-3-5-8-4-2-6-9(8)10;1-10-5-3-7-2-4-9-8(7)6-10;1-9-6-7-2-4-8(9)5-3-7;1-8-6-2-3-7(8)5-4-6;;;;/h8-9H,2-7H2,1H3;7-9H,2-6H2,1H3;7-8H,2-6H2,1H3;6-7H,2-5H2,1H3;3*1H4;1H. The average molecular weight is 566 g/mol. The van der Waals surface area contributed by atoms with E-state index in [1.807, 2.05) is 0 Å². The molecule has 0 aromatic heterocycles. The number of likely N-dealkylation sites (N-methyl/N-ethyl adjacent to an activating group) is 1. The third-order valence-electron chi connectivity index (χ3n) is 12.0. The molecule has 4 bridgehead atoms. The molecule has 0 spiro atoms.